The molecule has 0 aromatic carbocycles. The van der Waals surface area contributed by atoms with E-state index < -0.39 is 17.8 Å². The van der Waals surface area contributed by atoms with Crippen LogP contribution in [0.1, 0.15) is 26.7 Å². The smallest absolute Gasteiger partial charge is 0.310 e. The van der Waals surface area contributed by atoms with Crippen LogP contribution < -0.4 is 0 Å². The van der Waals surface area contributed by atoms with Crippen LogP contribution in [0.4, 0.5) is 0 Å². The Kier molecular flexibility index (Phi) is 3.46. The lowest BCUT2D eigenvalue weighted by atomic mass is 9.78. The number of fused-ring (bicyclic) bond motifs is 2. The van der Waals surface area contributed by atoms with Crippen LogP contribution in [0.5, 0.6) is 0 Å². The van der Waals surface area contributed by atoms with E-state index in [0.29, 0.717) is 13.1 Å². The number of hydrogen-bond donors (Lipinski definition) is 1. The summed E-state index contributed by atoms with van der Waals surface area (Å²) in [5.41, 5.74) is 0. The van der Waals surface area contributed by atoms with E-state index >= 15 is 0 Å². The minimum absolute atomic E-state index is 0.00881. The number of morpholine rings is 1. The van der Waals surface area contributed by atoms with Crippen molar-refractivity contribution in [3.8, 4) is 0 Å². The Morgan fingerprint density at radius 2 is 1.55 bits per heavy atom. The van der Waals surface area contributed by atoms with Gasteiger partial charge in [0.25, 0.3) is 0 Å². The summed E-state index contributed by atoms with van der Waals surface area (Å²) in [7, 11) is 0. The number of rotatable bonds is 2. The fourth-order valence-corrected chi connectivity index (χ4v) is 3.87. The SMILES string of the molecule is C[C@@H]1CN(C(=O)[C@@H]2[C@@H](C(=O)O)[C@H]3CC[C@@H]2O3)C[C@@H](C)O1. The predicted octanol–water partition coefficient (Wildman–Crippen LogP) is 0.500. The number of nitrogens with zero attached hydrogens (tertiary/aromatic N) is 1. The molecule has 20 heavy (non-hydrogen) atoms. The first-order valence-electron chi connectivity index (χ1n) is 7.30. The Morgan fingerprint density at radius 1 is 1.00 bits per heavy atom. The highest BCUT2D eigenvalue weighted by Gasteiger charge is 2.56. The number of ether oxygens (including phenoxy) is 2. The first-order chi connectivity index (χ1) is 9.47. The first kappa shape index (κ1) is 13.8. The van der Waals surface area contributed by atoms with Gasteiger partial charge in [0.1, 0.15) is 0 Å². The molecular formula is C14H21NO5. The van der Waals surface area contributed by atoms with Gasteiger partial charge < -0.3 is 19.5 Å². The van der Waals surface area contributed by atoms with Gasteiger partial charge in [0.05, 0.1) is 36.3 Å². The number of carboxylic acid groups (broad SMARTS) is 1. The van der Waals surface area contributed by atoms with Crippen LogP contribution in [0.15, 0.2) is 0 Å². The van der Waals surface area contributed by atoms with E-state index in [2.05, 4.69) is 0 Å². The van der Waals surface area contributed by atoms with Gasteiger partial charge in [-0.3, -0.25) is 9.59 Å². The zero-order chi connectivity index (χ0) is 14.4. The van der Waals surface area contributed by atoms with Gasteiger partial charge in [-0.15, -0.1) is 0 Å². The van der Waals surface area contributed by atoms with Crippen molar-refractivity contribution in [1.82, 2.24) is 4.90 Å². The number of amides is 1. The van der Waals surface area contributed by atoms with Crippen LogP contribution in [0.3, 0.4) is 0 Å². The Hall–Kier alpha value is -1.14. The van der Waals surface area contributed by atoms with Crippen LogP contribution in [-0.2, 0) is 19.1 Å². The molecule has 0 aromatic heterocycles. The zero-order valence-corrected chi connectivity index (χ0v) is 11.8. The number of carboxylic acids is 1. The van der Waals surface area contributed by atoms with E-state index in [9.17, 15) is 14.7 Å². The molecule has 0 saturated carbocycles. The number of carbonyl (C=O) groups excluding carboxylic acids is 1. The van der Waals surface area contributed by atoms with E-state index in [0.717, 1.165) is 12.8 Å². The van der Waals surface area contributed by atoms with Crippen molar-refractivity contribution in [2.75, 3.05) is 13.1 Å². The van der Waals surface area contributed by atoms with Crippen LogP contribution in [0, 0.1) is 11.8 Å². The molecule has 0 aromatic rings. The average molecular weight is 283 g/mol. The van der Waals surface area contributed by atoms with Crippen LogP contribution >= 0.6 is 0 Å². The lowest BCUT2D eigenvalue weighted by Gasteiger charge is -2.38. The van der Waals surface area contributed by atoms with Crippen molar-refractivity contribution < 1.29 is 24.2 Å². The van der Waals surface area contributed by atoms with Gasteiger partial charge in [-0.05, 0) is 26.7 Å². The summed E-state index contributed by atoms with van der Waals surface area (Å²) in [6, 6.07) is 0. The molecule has 1 N–H and O–H groups in total. The molecule has 0 unspecified atom stereocenters. The number of carbonyl (C=O) groups is 2. The maximum absolute atomic E-state index is 12.7. The Labute approximate surface area is 118 Å². The van der Waals surface area contributed by atoms with Crippen molar-refractivity contribution in [1.29, 1.82) is 0 Å². The summed E-state index contributed by atoms with van der Waals surface area (Å²) in [6.07, 6.45) is 1.02. The highest BCUT2D eigenvalue weighted by molar-refractivity contribution is 5.86. The molecule has 3 rings (SSSR count). The molecule has 3 fully saturated rings. The lowest BCUT2D eigenvalue weighted by Crippen LogP contribution is -2.53. The van der Waals surface area contributed by atoms with E-state index in [1.54, 1.807) is 4.90 Å². The molecule has 3 saturated heterocycles. The average Bonchev–Trinajstić information content (AvgIpc) is 2.96. The van der Waals surface area contributed by atoms with Crippen LogP contribution in [-0.4, -0.2) is 59.4 Å². The van der Waals surface area contributed by atoms with Gasteiger partial charge >= 0.3 is 5.97 Å². The van der Waals surface area contributed by atoms with Crippen molar-refractivity contribution in [2.24, 2.45) is 11.8 Å². The molecule has 3 heterocycles. The topological polar surface area (TPSA) is 76.1 Å². The fourth-order valence-electron chi connectivity index (χ4n) is 3.87. The molecule has 1 amide bonds. The maximum Gasteiger partial charge on any atom is 0.310 e. The normalized spacial score (nSPS) is 43.8. The van der Waals surface area contributed by atoms with Gasteiger partial charge in [0.15, 0.2) is 0 Å². The molecule has 6 nitrogen and oxygen atoms in total. The monoisotopic (exact) mass is 283 g/mol. The second-order valence-corrected chi connectivity index (χ2v) is 6.18. The molecule has 3 aliphatic heterocycles. The van der Waals surface area contributed by atoms with Gasteiger partial charge in [0, 0.05) is 13.1 Å². The molecule has 0 spiro atoms. The molecule has 0 radical (unpaired) electrons. The quantitative estimate of drug-likeness (QED) is 0.798. The molecule has 3 aliphatic rings. The summed E-state index contributed by atoms with van der Waals surface area (Å²) in [4.78, 5) is 25.9. The molecule has 0 aliphatic carbocycles. The molecular weight excluding hydrogens is 262 g/mol. The van der Waals surface area contributed by atoms with E-state index in [-0.39, 0.29) is 30.3 Å². The van der Waals surface area contributed by atoms with Crippen molar-refractivity contribution in [3.05, 3.63) is 0 Å². The fraction of sp³-hybridized carbons (Fsp3) is 0.857. The lowest BCUT2D eigenvalue weighted by molar-refractivity contribution is -0.156. The third-order valence-electron chi connectivity index (χ3n) is 4.57. The minimum atomic E-state index is -0.912. The predicted molar refractivity (Wildman–Crippen MR) is 69.1 cm³/mol. The van der Waals surface area contributed by atoms with Gasteiger partial charge in [0.2, 0.25) is 5.91 Å². The molecule has 112 valence electrons. The maximum atomic E-state index is 12.7. The summed E-state index contributed by atoms with van der Waals surface area (Å²) in [6.45, 7) is 4.93. The summed E-state index contributed by atoms with van der Waals surface area (Å²) < 4.78 is 11.3. The van der Waals surface area contributed by atoms with Crippen molar-refractivity contribution in [2.45, 2.75) is 51.1 Å². The van der Waals surface area contributed by atoms with E-state index in [4.69, 9.17) is 9.47 Å². The largest absolute Gasteiger partial charge is 0.481 e. The third kappa shape index (κ3) is 2.20. The standard InChI is InChI=1S/C14H21NO5/c1-7-5-15(6-8(2)19-7)13(16)11-9-3-4-10(20-9)12(11)14(17)18/h7-12H,3-6H2,1-2H3,(H,17,18)/t7-,8-,9+,10-,11+,12+/m1/s1. The van der Waals surface area contributed by atoms with Gasteiger partial charge in [-0.1, -0.05) is 0 Å². The van der Waals surface area contributed by atoms with Crippen LogP contribution in [0.2, 0.25) is 0 Å². The second-order valence-electron chi connectivity index (χ2n) is 6.18. The molecule has 2 bridgehead atoms. The zero-order valence-electron chi connectivity index (χ0n) is 11.8. The molecule has 6 atom stereocenters. The Morgan fingerprint density at radius 3 is 2.10 bits per heavy atom. The van der Waals surface area contributed by atoms with E-state index in [1.807, 2.05) is 13.8 Å². The van der Waals surface area contributed by atoms with Crippen LogP contribution in [0.25, 0.3) is 0 Å². The minimum Gasteiger partial charge on any atom is -0.481 e. The summed E-state index contributed by atoms with van der Waals surface area (Å²) in [5.74, 6) is -2.20. The Balaban J connectivity index is 1.77. The first-order valence-corrected chi connectivity index (χ1v) is 7.30. The van der Waals surface area contributed by atoms with E-state index in [1.165, 1.54) is 0 Å². The van der Waals surface area contributed by atoms with Crippen molar-refractivity contribution in [3.63, 3.8) is 0 Å². The number of aliphatic carboxylic acids is 1. The highest BCUT2D eigenvalue weighted by Crippen LogP contribution is 2.44. The summed E-state index contributed by atoms with van der Waals surface area (Å²) >= 11 is 0. The molecule has 6 heteroatoms. The van der Waals surface area contributed by atoms with Gasteiger partial charge in [-0.25, -0.2) is 0 Å². The van der Waals surface area contributed by atoms with Gasteiger partial charge in [-0.2, -0.15) is 0 Å². The van der Waals surface area contributed by atoms with Crippen molar-refractivity contribution >= 4 is 11.9 Å². The third-order valence-corrected chi connectivity index (χ3v) is 4.57. The highest BCUT2D eigenvalue weighted by atomic mass is 16.5. The Bertz CT molecular complexity index is 416. The number of hydrogen-bond acceptors (Lipinski definition) is 4. The summed E-state index contributed by atoms with van der Waals surface area (Å²) in [5, 5.41) is 9.38. The second kappa shape index (κ2) is 5.00.